The Hall–Kier alpha value is -4.06. The molecule has 4 aromatic rings. The zero-order valence-electron chi connectivity index (χ0n) is 18.1. The predicted molar refractivity (Wildman–Crippen MR) is 124 cm³/mol. The third kappa shape index (κ3) is 4.64. The van der Waals surface area contributed by atoms with Crippen LogP contribution in [0.5, 0.6) is 17.2 Å². The molecular formula is C26H23NO5. The van der Waals surface area contributed by atoms with Crippen molar-refractivity contribution in [2.75, 3.05) is 11.9 Å². The fraction of sp³-hybridized carbons (Fsp3) is 0.154. The van der Waals surface area contributed by atoms with Gasteiger partial charge < -0.3 is 19.2 Å². The number of amides is 1. The molecule has 0 atom stereocenters. The summed E-state index contributed by atoms with van der Waals surface area (Å²) < 4.78 is 16.9. The van der Waals surface area contributed by atoms with Crippen LogP contribution in [-0.4, -0.2) is 12.5 Å². The van der Waals surface area contributed by atoms with Crippen LogP contribution in [0.25, 0.3) is 11.0 Å². The number of benzene rings is 3. The highest BCUT2D eigenvalue weighted by Gasteiger charge is 2.12. The van der Waals surface area contributed by atoms with Gasteiger partial charge in [0.1, 0.15) is 23.3 Å². The lowest BCUT2D eigenvalue weighted by Crippen LogP contribution is -2.20. The Morgan fingerprint density at radius 3 is 2.59 bits per heavy atom. The molecule has 0 spiro atoms. The summed E-state index contributed by atoms with van der Waals surface area (Å²) in [5, 5.41) is 3.21. The van der Waals surface area contributed by atoms with Crippen molar-refractivity contribution in [3.63, 3.8) is 0 Å². The molecule has 1 heterocycles. The first-order chi connectivity index (χ1) is 15.4. The molecule has 3 aromatic carbocycles. The Labute approximate surface area is 185 Å². The van der Waals surface area contributed by atoms with Gasteiger partial charge in [-0.3, -0.25) is 9.59 Å². The first-order valence-electron chi connectivity index (χ1n) is 10.2. The first-order valence-corrected chi connectivity index (χ1v) is 10.2. The van der Waals surface area contributed by atoms with E-state index in [0.717, 1.165) is 22.4 Å². The normalized spacial score (nSPS) is 10.7. The molecule has 162 valence electrons. The molecule has 0 aliphatic heterocycles. The molecule has 1 N–H and O–H groups in total. The van der Waals surface area contributed by atoms with Gasteiger partial charge >= 0.3 is 0 Å². The lowest BCUT2D eigenvalue weighted by Gasteiger charge is -2.11. The van der Waals surface area contributed by atoms with Crippen molar-refractivity contribution >= 4 is 22.6 Å². The van der Waals surface area contributed by atoms with Crippen LogP contribution in [0.2, 0.25) is 0 Å². The lowest BCUT2D eigenvalue weighted by atomic mass is 10.1. The van der Waals surface area contributed by atoms with Crippen LogP contribution in [0.1, 0.15) is 16.7 Å². The van der Waals surface area contributed by atoms with E-state index >= 15 is 0 Å². The third-order valence-corrected chi connectivity index (χ3v) is 5.18. The van der Waals surface area contributed by atoms with Crippen molar-refractivity contribution in [3.8, 4) is 17.2 Å². The number of carbonyl (C=O) groups excluding carboxylic acids is 1. The molecule has 0 bridgehead atoms. The van der Waals surface area contributed by atoms with Gasteiger partial charge in [-0.25, -0.2) is 0 Å². The largest absolute Gasteiger partial charge is 0.484 e. The van der Waals surface area contributed by atoms with Gasteiger partial charge in [0, 0.05) is 11.8 Å². The van der Waals surface area contributed by atoms with E-state index in [-0.39, 0.29) is 23.7 Å². The highest BCUT2D eigenvalue weighted by molar-refractivity contribution is 5.92. The van der Waals surface area contributed by atoms with E-state index in [0.29, 0.717) is 22.5 Å². The molecule has 0 radical (unpaired) electrons. The summed E-state index contributed by atoms with van der Waals surface area (Å²) in [4.78, 5) is 25.1. The number of hydrogen-bond donors (Lipinski definition) is 1. The van der Waals surface area contributed by atoms with Gasteiger partial charge in [0.05, 0.1) is 5.39 Å². The van der Waals surface area contributed by atoms with Gasteiger partial charge in [0.25, 0.3) is 5.91 Å². The van der Waals surface area contributed by atoms with Crippen molar-refractivity contribution < 1.29 is 18.7 Å². The number of ether oxygens (including phenoxy) is 2. The Morgan fingerprint density at radius 2 is 1.78 bits per heavy atom. The van der Waals surface area contributed by atoms with E-state index in [2.05, 4.69) is 5.32 Å². The molecule has 1 amide bonds. The first kappa shape index (κ1) is 21.2. The van der Waals surface area contributed by atoms with Crippen LogP contribution in [0.3, 0.4) is 0 Å². The average Bonchev–Trinajstić information content (AvgIpc) is 2.77. The number of aryl methyl sites for hydroxylation is 2. The number of hydrogen-bond acceptors (Lipinski definition) is 5. The van der Waals surface area contributed by atoms with Crippen molar-refractivity contribution in [1.82, 2.24) is 0 Å². The summed E-state index contributed by atoms with van der Waals surface area (Å²) in [6.45, 7) is 5.72. The molecule has 4 rings (SSSR count). The van der Waals surface area contributed by atoms with Crippen molar-refractivity contribution in [2.45, 2.75) is 20.8 Å². The minimum Gasteiger partial charge on any atom is -0.484 e. The minimum atomic E-state index is -0.285. The van der Waals surface area contributed by atoms with Crippen LogP contribution < -0.4 is 20.2 Å². The summed E-state index contributed by atoms with van der Waals surface area (Å²) in [5.74, 6) is 0.808. The number of rotatable bonds is 6. The zero-order valence-corrected chi connectivity index (χ0v) is 18.1. The standard InChI is InChI=1S/C26H23NO5/c1-16-6-4-8-20(12-16)32-24-14-31-23-13-19(10-11-21(23)26(24)29)30-15-25(28)27-22-9-5-7-17(2)18(22)3/h4-14H,15H2,1-3H3,(H,27,28). The van der Waals surface area contributed by atoms with Crippen molar-refractivity contribution in [2.24, 2.45) is 0 Å². The second-order valence-electron chi connectivity index (χ2n) is 7.59. The van der Waals surface area contributed by atoms with Crippen molar-refractivity contribution in [3.05, 3.63) is 93.8 Å². The number of fused-ring (bicyclic) bond motifs is 1. The maximum absolute atomic E-state index is 12.8. The van der Waals surface area contributed by atoms with Crippen LogP contribution in [0.15, 0.2) is 76.1 Å². The summed E-state index contributed by atoms with van der Waals surface area (Å²) in [6.07, 6.45) is 1.28. The summed E-state index contributed by atoms with van der Waals surface area (Å²) in [5.41, 5.74) is 3.95. The Morgan fingerprint density at radius 1 is 0.969 bits per heavy atom. The van der Waals surface area contributed by atoms with Gasteiger partial charge in [-0.15, -0.1) is 0 Å². The maximum Gasteiger partial charge on any atom is 0.262 e. The highest BCUT2D eigenvalue weighted by Crippen LogP contribution is 2.24. The van der Waals surface area contributed by atoms with Crippen LogP contribution in [-0.2, 0) is 4.79 Å². The summed E-state index contributed by atoms with van der Waals surface area (Å²) in [7, 11) is 0. The average molecular weight is 429 g/mol. The topological polar surface area (TPSA) is 77.8 Å². The monoisotopic (exact) mass is 429 g/mol. The van der Waals surface area contributed by atoms with Crippen LogP contribution in [0.4, 0.5) is 5.69 Å². The molecule has 0 fully saturated rings. The van der Waals surface area contributed by atoms with E-state index in [1.54, 1.807) is 24.3 Å². The minimum absolute atomic E-state index is 0.102. The Bertz CT molecular complexity index is 1360. The lowest BCUT2D eigenvalue weighted by molar-refractivity contribution is -0.118. The fourth-order valence-corrected chi connectivity index (χ4v) is 3.28. The third-order valence-electron chi connectivity index (χ3n) is 5.18. The van der Waals surface area contributed by atoms with Gasteiger partial charge in [0.2, 0.25) is 11.2 Å². The van der Waals surface area contributed by atoms with Crippen LogP contribution in [0, 0.1) is 20.8 Å². The quantitative estimate of drug-likeness (QED) is 0.436. The fourth-order valence-electron chi connectivity index (χ4n) is 3.28. The van der Waals surface area contributed by atoms with Gasteiger partial charge in [0.15, 0.2) is 6.61 Å². The van der Waals surface area contributed by atoms with E-state index in [4.69, 9.17) is 13.9 Å². The van der Waals surface area contributed by atoms with E-state index < -0.39 is 0 Å². The summed E-state index contributed by atoms with van der Waals surface area (Å²) in [6, 6.07) is 17.9. The van der Waals surface area contributed by atoms with Crippen molar-refractivity contribution in [1.29, 1.82) is 0 Å². The second kappa shape index (κ2) is 8.98. The molecule has 0 saturated carbocycles. The SMILES string of the molecule is Cc1cccc(Oc2coc3cc(OCC(=O)Nc4cccc(C)c4C)ccc3c2=O)c1. The van der Waals surface area contributed by atoms with Gasteiger partial charge in [-0.05, 0) is 67.8 Å². The van der Waals surface area contributed by atoms with E-state index in [1.807, 2.05) is 57.2 Å². The van der Waals surface area contributed by atoms with E-state index in [1.165, 1.54) is 6.26 Å². The molecule has 6 nitrogen and oxygen atoms in total. The molecule has 0 aliphatic rings. The molecule has 0 unspecified atom stereocenters. The highest BCUT2D eigenvalue weighted by atomic mass is 16.5. The van der Waals surface area contributed by atoms with Gasteiger partial charge in [-0.1, -0.05) is 24.3 Å². The number of carbonyl (C=O) groups is 1. The van der Waals surface area contributed by atoms with Crippen LogP contribution >= 0.6 is 0 Å². The molecule has 1 aromatic heterocycles. The Balaban J connectivity index is 1.46. The summed E-state index contributed by atoms with van der Waals surface area (Å²) >= 11 is 0. The number of nitrogens with one attached hydrogen (secondary N) is 1. The maximum atomic E-state index is 12.8. The smallest absolute Gasteiger partial charge is 0.262 e. The number of anilines is 1. The predicted octanol–water partition coefficient (Wildman–Crippen LogP) is 5.53. The van der Waals surface area contributed by atoms with Gasteiger partial charge in [-0.2, -0.15) is 0 Å². The Kier molecular flexibility index (Phi) is 5.94. The molecule has 6 heteroatoms. The van der Waals surface area contributed by atoms with E-state index in [9.17, 15) is 9.59 Å². The molecule has 32 heavy (non-hydrogen) atoms. The zero-order chi connectivity index (χ0) is 22.7. The molecule has 0 aliphatic carbocycles. The second-order valence-corrected chi connectivity index (χ2v) is 7.59. The molecular weight excluding hydrogens is 406 g/mol. The molecule has 0 saturated heterocycles.